The van der Waals surface area contributed by atoms with E-state index in [2.05, 4.69) is 5.32 Å². The molecule has 0 unspecified atom stereocenters. The molecule has 0 spiro atoms. The first-order valence-corrected chi connectivity index (χ1v) is 14.8. The van der Waals surface area contributed by atoms with Crippen molar-refractivity contribution < 1.29 is 22.4 Å². The van der Waals surface area contributed by atoms with Crippen molar-refractivity contribution >= 4 is 27.5 Å². The van der Waals surface area contributed by atoms with Crippen LogP contribution in [0.25, 0.3) is 0 Å². The normalized spacial score (nSPS) is 12.0. The van der Waals surface area contributed by atoms with Crippen LogP contribution >= 0.6 is 0 Å². The number of hydrogen-bond donors (Lipinski definition) is 1. The number of aryl methyl sites for hydroxylation is 1. The number of halogens is 1. The quantitative estimate of drug-likeness (QED) is 0.342. The summed E-state index contributed by atoms with van der Waals surface area (Å²) in [5, 5.41) is 2.66. The van der Waals surface area contributed by atoms with Crippen LogP contribution in [-0.4, -0.2) is 51.0 Å². The number of carbonyl (C=O) groups excluding carboxylic acids is 2. The number of nitrogens with one attached hydrogen (secondary N) is 1. The van der Waals surface area contributed by atoms with Crippen molar-refractivity contribution in [2.45, 2.75) is 45.2 Å². The molecule has 3 rings (SSSR count). The van der Waals surface area contributed by atoms with Crippen molar-refractivity contribution in [3.63, 3.8) is 0 Å². The van der Waals surface area contributed by atoms with Crippen molar-refractivity contribution in [1.82, 2.24) is 10.2 Å². The molecule has 0 bridgehead atoms. The smallest absolute Gasteiger partial charge is 0.242 e. The van der Waals surface area contributed by atoms with Gasteiger partial charge in [0.25, 0.3) is 0 Å². The number of likely N-dealkylation sites (N-methyl/N-ethyl adjacent to an activating group) is 1. The maximum atomic E-state index is 13.6. The summed E-state index contributed by atoms with van der Waals surface area (Å²) < 4.78 is 39.9. The summed E-state index contributed by atoms with van der Waals surface area (Å²) in [6, 6.07) is 21.7. The molecule has 9 heteroatoms. The van der Waals surface area contributed by atoms with Gasteiger partial charge in [-0.25, -0.2) is 12.8 Å². The van der Waals surface area contributed by atoms with Gasteiger partial charge >= 0.3 is 0 Å². The molecule has 0 fully saturated rings. The van der Waals surface area contributed by atoms with Gasteiger partial charge in [0.15, 0.2) is 0 Å². The molecule has 0 aliphatic rings. The molecule has 3 aromatic carbocycles. The third kappa shape index (κ3) is 8.64. The monoisotopic (exact) mass is 553 g/mol. The molecule has 0 saturated carbocycles. The van der Waals surface area contributed by atoms with Gasteiger partial charge in [0.05, 0.1) is 11.9 Å². The maximum absolute atomic E-state index is 13.6. The number of hydrogen-bond acceptors (Lipinski definition) is 4. The average molecular weight is 554 g/mol. The zero-order valence-electron chi connectivity index (χ0n) is 22.6. The second-order valence-electron chi connectivity index (χ2n) is 9.43. The van der Waals surface area contributed by atoms with E-state index in [9.17, 15) is 22.4 Å². The highest BCUT2D eigenvalue weighted by molar-refractivity contribution is 7.92. The van der Waals surface area contributed by atoms with Crippen LogP contribution in [0.3, 0.4) is 0 Å². The Kier molecular flexibility index (Phi) is 10.6. The van der Waals surface area contributed by atoms with Gasteiger partial charge in [-0.2, -0.15) is 0 Å². The number of anilines is 1. The molecule has 0 heterocycles. The molecule has 1 N–H and O–H groups in total. The Morgan fingerprint density at radius 1 is 0.897 bits per heavy atom. The van der Waals surface area contributed by atoms with Crippen molar-refractivity contribution in [3.05, 3.63) is 101 Å². The van der Waals surface area contributed by atoms with E-state index in [-0.39, 0.29) is 37.7 Å². The Balaban J connectivity index is 1.82. The fourth-order valence-corrected chi connectivity index (χ4v) is 5.37. The number of sulfonamides is 1. The third-order valence-corrected chi connectivity index (χ3v) is 7.76. The van der Waals surface area contributed by atoms with E-state index in [1.165, 1.54) is 28.4 Å². The summed E-state index contributed by atoms with van der Waals surface area (Å²) in [6.45, 7) is 2.25. The van der Waals surface area contributed by atoms with Crippen molar-refractivity contribution in [2.24, 2.45) is 0 Å². The number of amides is 2. The molecule has 39 heavy (non-hydrogen) atoms. The predicted molar refractivity (Wildman–Crippen MR) is 152 cm³/mol. The lowest BCUT2D eigenvalue weighted by Crippen LogP contribution is -2.49. The van der Waals surface area contributed by atoms with Crippen LogP contribution < -0.4 is 9.62 Å². The first kappa shape index (κ1) is 29.8. The first-order chi connectivity index (χ1) is 18.6. The Labute approximate surface area is 230 Å². The van der Waals surface area contributed by atoms with E-state index >= 15 is 0 Å². The van der Waals surface area contributed by atoms with E-state index in [0.29, 0.717) is 17.7 Å². The highest BCUT2D eigenvalue weighted by Gasteiger charge is 2.30. The van der Waals surface area contributed by atoms with E-state index in [0.717, 1.165) is 23.8 Å². The fourth-order valence-electron chi connectivity index (χ4n) is 4.41. The third-order valence-electron chi connectivity index (χ3n) is 6.57. The summed E-state index contributed by atoms with van der Waals surface area (Å²) in [5.41, 5.74) is 3.21. The lowest BCUT2D eigenvalue weighted by atomic mass is 10.0. The predicted octanol–water partition coefficient (Wildman–Crippen LogP) is 4.32. The van der Waals surface area contributed by atoms with Gasteiger partial charge in [-0.3, -0.25) is 13.9 Å². The molecule has 0 radical (unpaired) electrons. The lowest BCUT2D eigenvalue weighted by Gasteiger charge is -2.31. The Bertz CT molecular complexity index is 1330. The summed E-state index contributed by atoms with van der Waals surface area (Å²) in [7, 11) is -2.05. The minimum atomic E-state index is -3.57. The summed E-state index contributed by atoms with van der Waals surface area (Å²) in [6.07, 6.45) is 2.57. The standard InChI is InChI=1S/C30H36FN3O4S/c1-4-23-14-18-27(19-15-23)34(39(3,37)38)20-8-11-29(35)33(22-25-12-16-26(31)17-13-25)28(30(36)32-2)21-24-9-6-5-7-10-24/h5-7,9-10,12-19,28H,4,8,11,20-22H2,1-3H3,(H,32,36)/t28-/m0/s1. The first-order valence-electron chi connectivity index (χ1n) is 13.0. The van der Waals surface area contributed by atoms with Crippen molar-refractivity contribution in [2.75, 3.05) is 24.2 Å². The zero-order chi connectivity index (χ0) is 28.4. The topological polar surface area (TPSA) is 86.8 Å². The van der Waals surface area contributed by atoms with Gasteiger partial charge in [-0.1, -0.05) is 61.5 Å². The van der Waals surface area contributed by atoms with Crippen LogP contribution in [0, 0.1) is 5.82 Å². The number of benzene rings is 3. The highest BCUT2D eigenvalue weighted by Crippen LogP contribution is 2.21. The lowest BCUT2D eigenvalue weighted by molar-refractivity contribution is -0.141. The molecule has 7 nitrogen and oxygen atoms in total. The number of rotatable bonds is 13. The molecular weight excluding hydrogens is 517 g/mol. The fraction of sp³-hybridized carbons (Fsp3) is 0.333. The van der Waals surface area contributed by atoms with E-state index < -0.39 is 21.9 Å². The number of nitrogens with zero attached hydrogens (tertiary/aromatic N) is 2. The van der Waals surface area contributed by atoms with Gasteiger partial charge in [0.2, 0.25) is 21.8 Å². The Hall–Kier alpha value is -3.72. The Morgan fingerprint density at radius 2 is 1.51 bits per heavy atom. The molecule has 0 aliphatic carbocycles. The Morgan fingerprint density at radius 3 is 2.08 bits per heavy atom. The van der Waals surface area contributed by atoms with Gasteiger partial charge in [-0.05, 0) is 53.8 Å². The second kappa shape index (κ2) is 13.9. The molecule has 0 aliphatic heterocycles. The second-order valence-corrected chi connectivity index (χ2v) is 11.3. The van der Waals surface area contributed by atoms with Gasteiger partial charge in [0, 0.05) is 33.0 Å². The molecule has 1 atom stereocenters. The van der Waals surface area contributed by atoms with Gasteiger partial charge < -0.3 is 10.2 Å². The van der Waals surface area contributed by atoms with Crippen LogP contribution in [0.4, 0.5) is 10.1 Å². The van der Waals surface area contributed by atoms with Crippen LogP contribution in [0.2, 0.25) is 0 Å². The molecule has 0 saturated heterocycles. The molecule has 2 amide bonds. The molecule has 3 aromatic rings. The highest BCUT2D eigenvalue weighted by atomic mass is 32.2. The summed E-state index contributed by atoms with van der Waals surface area (Å²) >= 11 is 0. The summed E-state index contributed by atoms with van der Waals surface area (Å²) in [5.74, 6) is -1.00. The maximum Gasteiger partial charge on any atom is 0.242 e. The van der Waals surface area contributed by atoms with Crippen molar-refractivity contribution in [1.29, 1.82) is 0 Å². The van der Waals surface area contributed by atoms with Crippen LogP contribution in [-0.2, 0) is 39.0 Å². The molecule has 0 aromatic heterocycles. The van der Waals surface area contributed by atoms with Crippen LogP contribution in [0.15, 0.2) is 78.9 Å². The minimum absolute atomic E-state index is 0.0303. The van der Waals surface area contributed by atoms with Gasteiger partial charge in [-0.15, -0.1) is 0 Å². The van der Waals surface area contributed by atoms with Crippen molar-refractivity contribution in [3.8, 4) is 0 Å². The summed E-state index contributed by atoms with van der Waals surface area (Å²) in [4.78, 5) is 28.1. The van der Waals surface area contributed by atoms with E-state index in [4.69, 9.17) is 0 Å². The van der Waals surface area contributed by atoms with Crippen LogP contribution in [0.1, 0.15) is 36.5 Å². The SMILES string of the molecule is CCc1ccc(N(CCCC(=O)N(Cc2ccc(F)cc2)[C@@H](Cc2ccccc2)C(=O)NC)S(C)(=O)=O)cc1. The number of carbonyl (C=O) groups is 2. The largest absolute Gasteiger partial charge is 0.357 e. The minimum Gasteiger partial charge on any atom is -0.357 e. The van der Waals surface area contributed by atoms with E-state index in [1.807, 2.05) is 49.4 Å². The molecule has 208 valence electrons. The van der Waals surface area contributed by atoms with Gasteiger partial charge in [0.1, 0.15) is 11.9 Å². The van der Waals surface area contributed by atoms with Crippen LogP contribution in [0.5, 0.6) is 0 Å². The zero-order valence-corrected chi connectivity index (χ0v) is 23.5. The van der Waals surface area contributed by atoms with E-state index in [1.54, 1.807) is 24.3 Å². The average Bonchev–Trinajstić information content (AvgIpc) is 2.93. The molecular formula is C30H36FN3O4S.